The Morgan fingerprint density at radius 3 is 2.47 bits per heavy atom. The predicted molar refractivity (Wildman–Crippen MR) is 65.9 cm³/mol. The minimum absolute atomic E-state index is 0.191. The Kier molecular flexibility index (Phi) is 2.97. The lowest BCUT2D eigenvalue weighted by molar-refractivity contribution is 0.601. The molecular formula is C11H11N3O2S. The predicted octanol–water partition coefficient (Wildman–Crippen LogP) is 1.46. The first-order chi connectivity index (χ1) is 8.09. The van der Waals surface area contributed by atoms with Gasteiger partial charge >= 0.3 is 0 Å². The SMILES string of the molecule is Nc1cnccc1NS(=O)(=O)c1ccccc1. The Morgan fingerprint density at radius 2 is 1.82 bits per heavy atom. The number of hydrogen-bond donors (Lipinski definition) is 2. The van der Waals surface area contributed by atoms with Crippen LogP contribution >= 0.6 is 0 Å². The number of nitrogens with two attached hydrogens (primary N) is 1. The quantitative estimate of drug-likeness (QED) is 0.862. The van der Waals surface area contributed by atoms with Crippen LogP contribution in [-0.2, 0) is 10.0 Å². The van der Waals surface area contributed by atoms with E-state index in [1.165, 1.54) is 30.6 Å². The van der Waals surface area contributed by atoms with Crippen molar-refractivity contribution in [2.24, 2.45) is 0 Å². The normalized spacial score (nSPS) is 11.1. The summed E-state index contributed by atoms with van der Waals surface area (Å²) < 4.78 is 26.3. The van der Waals surface area contributed by atoms with Crippen molar-refractivity contribution in [3.8, 4) is 0 Å². The van der Waals surface area contributed by atoms with E-state index in [1.54, 1.807) is 18.2 Å². The van der Waals surface area contributed by atoms with Crippen LogP contribution in [0, 0.1) is 0 Å². The fraction of sp³-hybridized carbons (Fsp3) is 0. The summed E-state index contributed by atoms with van der Waals surface area (Å²) in [6.07, 6.45) is 2.86. The molecule has 0 saturated carbocycles. The molecule has 3 N–H and O–H groups in total. The summed E-state index contributed by atoms with van der Waals surface area (Å²) in [5, 5.41) is 0. The van der Waals surface area contributed by atoms with Crippen molar-refractivity contribution in [3.05, 3.63) is 48.8 Å². The first-order valence-electron chi connectivity index (χ1n) is 4.87. The lowest BCUT2D eigenvalue weighted by Crippen LogP contribution is -2.14. The minimum Gasteiger partial charge on any atom is -0.396 e. The molecule has 17 heavy (non-hydrogen) atoms. The Balaban J connectivity index is 2.34. The standard InChI is InChI=1S/C11H11N3O2S/c12-10-8-13-7-6-11(10)14-17(15,16)9-4-2-1-3-5-9/h1-8H,12H2,(H,13,14). The van der Waals surface area contributed by atoms with E-state index in [0.717, 1.165) is 0 Å². The molecular weight excluding hydrogens is 238 g/mol. The summed E-state index contributed by atoms with van der Waals surface area (Å²) in [7, 11) is -3.59. The second-order valence-electron chi connectivity index (χ2n) is 3.38. The number of anilines is 2. The van der Waals surface area contributed by atoms with Gasteiger partial charge in [0.05, 0.1) is 22.5 Å². The van der Waals surface area contributed by atoms with E-state index in [0.29, 0.717) is 5.69 Å². The van der Waals surface area contributed by atoms with Crippen molar-refractivity contribution < 1.29 is 8.42 Å². The van der Waals surface area contributed by atoms with Crippen LogP contribution in [0.1, 0.15) is 0 Å². The third-order valence-corrected chi connectivity index (χ3v) is 3.53. The number of nitrogen functional groups attached to an aromatic ring is 1. The molecule has 2 rings (SSSR count). The summed E-state index contributed by atoms with van der Waals surface area (Å²) in [6, 6.07) is 9.60. The highest BCUT2D eigenvalue weighted by molar-refractivity contribution is 7.92. The van der Waals surface area contributed by atoms with E-state index >= 15 is 0 Å². The summed E-state index contributed by atoms with van der Waals surface area (Å²) in [6.45, 7) is 0. The van der Waals surface area contributed by atoms with Crippen molar-refractivity contribution in [2.45, 2.75) is 4.90 Å². The smallest absolute Gasteiger partial charge is 0.261 e. The van der Waals surface area contributed by atoms with Crippen LogP contribution in [0.4, 0.5) is 11.4 Å². The number of nitrogens with one attached hydrogen (secondary N) is 1. The van der Waals surface area contributed by atoms with Gasteiger partial charge in [-0.2, -0.15) is 0 Å². The summed E-state index contributed by atoms with van der Waals surface area (Å²) >= 11 is 0. The van der Waals surface area contributed by atoms with Crippen LogP contribution in [0.25, 0.3) is 0 Å². The second-order valence-corrected chi connectivity index (χ2v) is 5.06. The first kappa shape index (κ1) is 11.4. The molecule has 88 valence electrons. The first-order valence-corrected chi connectivity index (χ1v) is 6.35. The number of aromatic nitrogens is 1. The van der Waals surface area contributed by atoms with Crippen molar-refractivity contribution in [2.75, 3.05) is 10.5 Å². The van der Waals surface area contributed by atoms with Crippen LogP contribution in [0.15, 0.2) is 53.7 Å². The van der Waals surface area contributed by atoms with Crippen molar-refractivity contribution >= 4 is 21.4 Å². The molecule has 1 heterocycles. The molecule has 0 aliphatic carbocycles. The van der Waals surface area contributed by atoms with Crippen LogP contribution in [0.2, 0.25) is 0 Å². The Labute approximate surface area is 99.4 Å². The highest BCUT2D eigenvalue weighted by Crippen LogP contribution is 2.20. The lowest BCUT2D eigenvalue weighted by Gasteiger charge is -2.09. The van der Waals surface area contributed by atoms with Crippen molar-refractivity contribution in [1.82, 2.24) is 4.98 Å². The van der Waals surface area contributed by atoms with Gasteiger partial charge in [-0.25, -0.2) is 8.42 Å². The van der Waals surface area contributed by atoms with Crippen LogP contribution in [0.5, 0.6) is 0 Å². The number of pyridine rings is 1. The summed E-state index contributed by atoms with van der Waals surface area (Å²) in [5.74, 6) is 0. The Morgan fingerprint density at radius 1 is 1.12 bits per heavy atom. The van der Waals surface area contributed by atoms with Gasteiger partial charge in [0.15, 0.2) is 0 Å². The van der Waals surface area contributed by atoms with E-state index in [-0.39, 0.29) is 10.6 Å². The zero-order valence-corrected chi connectivity index (χ0v) is 9.68. The number of hydrogen-bond acceptors (Lipinski definition) is 4. The van der Waals surface area contributed by atoms with Gasteiger partial charge in [0, 0.05) is 6.20 Å². The molecule has 1 aromatic carbocycles. The largest absolute Gasteiger partial charge is 0.396 e. The maximum Gasteiger partial charge on any atom is 0.261 e. The molecule has 0 radical (unpaired) electrons. The number of rotatable bonds is 3. The molecule has 1 aromatic heterocycles. The third-order valence-electron chi connectivity index (χ3n) is 2.15. The van der Waals surface area contributed by atoms with Crippen molar-refractivity contribution in [3.63, 3.8) is 0 Å². The van der Waals surface area contributed by atoms with Crippen LogP contribution < -0.4 is 10.5 Å². The maximum atomic E-state index is 12.0. The van der Waals surface area contributed by atoms with Gasteiger partial charge in [0.25, 0.3) is 10.0 Å². The van der Waals surface area contributed by atoms with Gasteiger partial charge in [-0.3, -0.25) is 9.71 Å². The number of benzene rings is 1. The van der Waals surface area contributed by atoms with E-state index in [4.69, 9.17) is 5.73 Å². The fourth-order valence-corrected chi connectivity index (χ4v) is 2.41. The van der Waals surface area contributed by atoms with Gasteiger partial charge in [0.1, 0.15) is 0 Å². The van der Waals surface area contributed by atoms with Gasteiger partial charge in [-0.1, -0.05) is 18.2 Å². The highest BCUT2D eigenvalue weighted by Gasteiger charge is 2.14. The highest BCUT2D eigenvalue weighted by atomic mass is 32.2. The average Bonchev–Trinajstić information content (AvgIpc) is 2.33. The van der Waals surface area contributed by atoms with Gasteiger partial charge in [-0.15, -0.1) is 0 Å². The van der Waals surface area contributed by atoms with E-state index < -0.39 is 10.0 Å². The lowest BCUT2D eigenvalue weighted by atomic mass is 10.4. The molecule has 0 fully saturated rings. The molecule has 2 aromatic rings. The van der Waals surface area contributed by atoms with E-state index in [2.05, 4.69) is 9.71 Å². The van der Waals surface area contributed by atoms with Gasteiger partial charge in [0.2, 0.25) is 0 Å². The molecule has 0 atom stereocenters. The molecule has 0 saturated heterocycles. The fourth-order valence-electron chi connectivity index (χ4n) is 1.30. The zero-order valence-electron chi connectivity index (χ0n) is 8.87. The average molecular weight is 249 g/mol. The minimum atomic E-state index is -3.59. The number of nitrogens with zero attached hydrogens (tertiary/aromatic N) is 1. The molecule has 0 aliphatic heterocycles. The summed E-state index contributed by atoms with van der Waals surface area (Å²) in [5.41, 5.74) is 6.22. The molecule has 0 amide bonds. The van der Waals surface area contributed by atoms with E-state index in [1.807, 2.05) is 0 Å². The second kappa shape index (κ2) is 4.42. The van der Waals surface area contributed by atoms with Crippen LogP contribution in [0.3, 0.4) is 0 Å². The molecule has 0 spiro atoms. The number of sulfonamides is 1. The molecule has 6 heteroatoms. The maximum absolute atomic E-state index is 12.0. The molecule has 0 aliphatic rings. The molecule has 0 unspecified atom stereocenters. The topological polar surface area (TPSA) is 85.1 Å². The van der Waals surface area contributed by atoms with Crippen LogP contribution in [-0.4, -0.2) is 13.4 Å². The van der Waals surface area contributed by atoms with Gasteiger partial charge in [-0.05, 0) is 18.2 Å². The summed E-state index contributed by atoms with van der Waals surface area (Å²) in [4.78, 5) is 3.98. The third kappa shape index (κ3) is 2.54. The Bertz CT molecular complexity index is 612. The molecule has 5 nitrogen and oxygen atoms in total. The Hall–Kier alpha value is -2.08. The molecule has 0 bridgehead atoms. The van der Waals surface area contributed by atoms with Crippen molar-refractivity contribution in [1.29, 1.82) is 0 Å². The zero-order chi connectivity index (χ0) is 12.3. The van der Waals surface area contributed by atoms with E-state index in [9.17, 15) is 8.42 Å². The monoisotopic (exact) mass is 249 g/mol. The van der Waals surface area contributed by atoms with Gasteiger partial charge < -0.3 is 5.73 Å².